The number of rotatable bonds is 6. The van der Waals surface area contributed by atoms with Crippen molar-refractivity contribution in [2.75, 3.05) is 13.2 Å². The number of hydrogen-bond acceptors (Lipinski definition) is 1. The Morgan fingerprint density at radius 3 is 2.59 bits per heavy atom. The summed E-state index contributed by atoms with van der Waals surface area (Å²) in [6.07, 6.45) is 6.59. The van der Waals surface area contributed by atoms with E-state index in [-0.39, 0.29) is 5.82 Å². The minimum Gasteiger partial charge on any atom is -0.493 e. The van der Waals surface area contributed by atoms with E-state index in [1.165, 1.54) is 37.8 Å². The molecule has 0 aliphatic heterocycles. The number of halogens is 1. The second-order valence-electron chi connectivity index (χ2n) is 4.72. The van der Waals surface area contributed by atoms with Crippen LogP contribution < -0.4 is 10.1 Å². The Kier molecular flexibility index (Phi) is 4.80. The molecule has 0 unspecified atom stereocenters. The standard InChI is InChI=1S/C14H20FNO/c15-12-6-8-14(9-7-12)17-11-3-10-16-13-4-1-2-5-13/h6-9,13,16H,1-5,10-11H2/p+1. The highest BCUT2D eigenvalue weighted by molar-refractivity contribution is 5.21. The fourth-order valence-corrected chi connectivity index (χ4v) is 2.35. The zero-order valence-electron chi connectivity index (χ0n) is 10.2. The topological polar surface area (TPSA) is 25.8 Å². The van der Waals surface area contributed by atoms with Gasteiger partial charge in [-0.15, -0.1) is 0 Å². The molecule has 1 fully saturated rings. The van der Waals surface area contributed by atoms with Crippen LogP contribution in [0.25, 0.3) is 0 Å². The van der Waals surface area contributed by atoms with Gasteiger partial charge in [0.2, 0.25) is 0 Å². The lowest BCUT2D eigenvalue weighted by Crippen LogP contribution is -2.89. The van der Waals surface area contributed by atoms with Gasteiger partial charge < -0.3 is 10.1 Å². The average molecular weight is 238 g/mol. The van der Waals surface area contributed by atoms with Gasteiger partial charge >= 0.3 is 0 Å². The van der Waals surface area contributed by atoms with E-state index in [1.807, 2.05) is 0 Å². The Balaban J connectivity index is 1.55. The van der Waals surface area contributed by atoms with Crippen molar-refractivity contribution in [1.29, 1.82) is 0 Å². The third-order valence-electron chi connectivity index (χ3n) is 3.33. The van der Waals surface area contributed by atoms with Crippen molar-refractivity contribution in [1.82, 2.24) is 0 Å². The predicted octanol–water partition coefficient (Wildman–Crippen LogP) is 2.10. The molecule has 94 valence electrons. The molecular formula is C14H21FNO+. The van der Waals surface area contributed by atoms with Crippen LogP contribution >= 0.6 is 0 Å². The summed E-state index contributed by atoms with van der Waals surface area (Å²) in [6, 6.07) is 7.06. The summed E-state index contributed by atoms with van der Waals surface area (Å²) in [5, 5.41) is 2.45. The normalized spacial score (nSPS) is 16.3. The van der Waals surface area contributed by atoms with Crippen LogP contribution in [0.5, 0.6) is 5.75 Å². The van der Waals surface area contributed by atoms with Crippen LogP contribution in [0.4, 0.5) is 4.39 Å². The maximum Gasteiger partial charge on any atom is 0.123 e. The van der Waals surface area contributed by atoms with E-state index in [1.54, 1.807) is 12.1 Å². The first-order valence-electron chi connectivity index (χ1n) is 6.56. The quantitative estimate of drug-likeness (QED) is 0.755. The van der Waals surface area contributed by atoms with Gasteiger partial charge in [-0.1, -0.05) is 0 Å². The average Bonchev–Trinajstić information content (AvgIpc) is 2.84. The van der Waals surface area contributed by atoms with E-state index in [4.69, 9.17) is 4.74 Å². The largest absolute Gasteiger partial charge is 0.493 e. The zero-order chi connectivity index (χ0) is 11.9. The van der Waals surface area contributed by atoms with Gasteiger partial charge in [-0.05, 0) is 49.9 Å². The third kappa shape index (κ3) is 4.35. The number of ether oxygens (including phenoxy) is 1. The van der Waals surface area contributed by atoms with Crippen molar-refractivity contribution in [3.05, 3.63) is 30.1 Å². The van der Waals surface area contributed by atoms with Crippen molar-refractivity contribution in [3.63, 3.8) is 0 Å². The summed E-state index contributed by atoms with van der Waals surface area (Å²) in [6.45, 7) is 1.85. The lowest BCUT2D eigenvalue weighted by molar-refractivity contribution is -0.688. The van der Waals surface area contributed by atoms with Crippen molar-refractivity contribution < 1.29 is 14.4 Å². The van der Waals surface area contributed by atoms with Gasteiger partial charge in [-0.25, -0.2) is 4.39 Å². The number of nitrogens with two attached hydrogens (primary N) is 1. The van der Waals surface area contributed by atoms with Crippen LogP contribution in [0.3, 0.4) is 0 Å². The summed E-state index contributed by atoms with van der Waals surface area (Å²) in [4.78, 5) is 0. The third-order valence-corrected chi connectivity index (χ3v) is 3.33. The van der Waals surface area contributed by atoms with Gasteiger partial charge in [0.1, 0.15) is 11.6 Å². The summed E-state index contributed by atoms with van der Waals surface area (Å²) in [5.41, 5.74) is 0. The zero-order valence-corrected chi connectivity index (χ0v) is 10.2. The highest BCUT2D eigenvalue weighted by atomic mass is 19.1. The molecule has 0 saturated heterocycles. The van der Waals surface area contributed by atoms with E-state index in [9.17, 15) is 4.39 Å². The lowest BCUT2D eigenvalue weighted by atomic mass is 10.2. The molecule has 0 radical (unpaired) electrons. The van der Waals surface area contributed by atoms with Crippen molar-refractivity contribution in [3.8, 4) is 5.75 Å². The van der Waals surface area contributed by atoms with E-state index < -0.39 is 0 Å². The second kappa shape index (κ2) is 6.60. The summed E-state index contributed by atoms with van der Waals surface area (Å²) >= 11 is 0. The van der Waals surface area contributed by atoms with E-state index >= 15 is 0 Å². The molecule has 2 N–H and O–H groups in total. The van der Waals surface area contributed by atoms with Crippen LogP contribution in [0, 0.1) is 5.82 Å². The number of benzene rings is 1. The molecule has 17 heavy (non-hydrogen) atoms. The summed E-state index contributed by atoms with van der Waals surface area (Å²) in [7, 11) is 0. The lowest BCUT2D eigenvalue weighted by Gasteiger charge is -2.09. The second-order valence-corrected chi connectivity index (χ2v) is 4.72. The minimum absolute atomic E-state index is 0.216. The monoisotopic (exact) mass is 238 g/mol. The van der Waals surface area contributed by atoms with Crippen molar-refractivity contribution in [2.45, 2.75) is 38.1 Å². The first-order chi connectivity index (χ1) is 8.34. The summed E-state index contributed by atoms with van der Waals surface area (Å²) < 4.78 is 18.2. The number of hydrogen-bond donors (Lipinski definition) is 1. The first kappa shape index (κ1) is 12.4. The molecule has 1 aromatic carbocycles. The highest BCUT2D eigenvalue weighted by Gasteiger charge is 2.16. The van der Waals surface area contributed by atoms with E-state index in [0.29, 0.717) is 0 Å². The molecule has 2 nitrogen and oxygen atoms in total. The van der Waals surface area contributed by atoms with Crippen LogP contribution in [0.15, 0.2) is 24.3 Å². The molecule has 3 heteroatoms. The van der Waals surface area contributed by atoms with Crippen molar-refractivity contribution >= 4 is 0 Å². The molecule has 0 aromatic heterocycles. The molecule has 0 amide bonds. The fourth-order valence-electron chi connectivity index (χ4n) is 2.35. The van der Waals surface area contributed by atoms with Gasteiger partial charge in [0, 0.05) is 6.42 Å². The highest BCUT2D eigenvalue weighted by Crippen LogP contribution is 2.14. The van der Waals surface area contributed by atoms with E-state index in [0.717, 1.165) is 31.4 Å². The Bertz CT molecular complexity index is 319. The molecule has 1 aliphatic rings. The fraction of sp³-hybridized carbons (Fsp3) is 0.571. The van der Waals surface area contributed by atoms with Gasteiger partial charge in [0.05, 0.1) is 19.2 Å². The van der Waals surface area contributed by atoms with Gasteiger partial charge in [-0.2, -0.15) is 0 Å². The molecule has 1 saturated carbocycles. The molecule has 0 spiro atoms. The van der Waals surface area contributed by atoms with Gasteiger partial charge in [-0.3, -0.25) is 0 Å². The SMILES string of the molecule is Fc1ccc(OCCC[NH2+]C2CCCC2)cc1. The smallest absolute Gasteiger partial charge is 0.123 e. The minimum atomic E-state index is -0.216. The Labute approximate surface area is 102 Å². The van der Waals surface area contributed by atoms with Gasteiger partial charge in [0.15, 0.2) is 0 Å². The molecule has 0 bridgehead atoms. The molecular weight excluding hydrogens is 217 g/mol. The van der Waals surface area contributed by atoms with Crippen LogP contribution in [0.2, 0.25) is 0 Å². The first-order valence-corrected chi connectivity index (χ1v) is 6.56. The molecule has 1 aliphatic carbocycles. The van der Waals surface area contributed by atoms with Crippen LogP contribution in [-0.2, 0) is 0 Å². The molecule has 1 aromatic rings. The maximum absolute atomic E-state index is 12.6. The molecule has 0 heterocycles. The van der Waals surface area contributed by atoms with E-state index in [2.05, 4.69) is 5.32 Å². The maximum atomic E-state index is 12.6. The van der Waals surface area contributed by atoms with Crippen LogP contribution in [0.1, 0.15) is 32.1 Å². The van der Waals surface area contributed by atoms with Crippen molar-refractivity contribution in [2.24, 2.45) is 0 Å². The number of quaternary nitrogens is 1. The van der Waals surface area contributed by atoms with Gasteiger partial charge in [0.25, 0.3) is 0 Å². The molecule has 0 atom stereocenters. The predicted molar refractivity (Wildman–Crippen MR) is 65.6 cm³/mol. The molecule has 2 rings (SSSR count). The summed E-state index contributed by atoms with van der Waals surface area (Å²) in [5.74, 6) is 0.541. The Morgan fingerprint density at radius 2 is 1.88 bits per heavy atom. The Hall–Kier alpha value is -1.09. The van der Waals surface area contributed by atoms with Crippen LogP contribution in [-0.4, -0.2) is 19.2 Å². The Morgan fingerprint density at radius 1 is 1.18 bits per heavy atom.